The molecule has 0 saturated heterocycles. The van der Waals surface area contributed by atoms with Crippen LogP contribution in [0.1, 0.15) is 496 Å². The molecule has 0 heterocycles. The summed E-state index contributed by atoms with van der Waals surface area (Å²) in [6.45, 7) is 6.79. The van der Waals surface area contributed by atoms with E-state index in [0.29, 0.717) is 18.6 Å². The second-order valence-corrected chi connectivity index (χ2v) is 29.0. The zero-order chi connectivity index (χ0) is 62.2. The van der Waals surface area contributed by atoms with Crippen molar-refractivity contribution < 1.29 is 19.8 Å². The molecule has 3 atom stereocenters. The number of ketones is 1. The molecule has 0 aliphatic rings. The monoisotopic (exact) mass is 1210 g/mol. The molecule has 0 aromatic carbocycles. The largest absolute Gasteiger partial charge is 0.481 e. The predicted molar refractivity (Wildman–Crippen MR) is 384 cm³/mol. The van der Waals surface area contributed by atoms with Crippen molar-refractivity contribution in [2.24, 2.45) is 11.8 Å². The summed E-state index contributed by atoms with van der Waals surface area (Å²) >= 11 is 0. The van der Waals surface area contributed by atoms with Crippen LogP contribution in [0.4, 0.5) is 0 Å². The molecule has 0 aromatic heterocycles. The van der Waals surface area contributed by atoms with Crippen molar-refractivity contribution in [1.82, 2.24) is 0 Å². The highest BCUT2D eigenvalue weighted by molar-refractivity contribution is 5.80. The van der Waals surface area contributed by atoms with Crippen molar-refractivity contribution in [3.63, 3.8) is 0 Å². The number of hydrogen-bond donors (Lipinski definition) is 2. The lowest BCUT2D eigenvalue weighted by molar-refractivity contribution is -0.146. The van der Waals surface area contributed by atoms with Gasteiger partial charge >= 0.3 is 5.97 Å². The van der Waals surface area contributed by atoms with E-state index in [1.165, 1.54) is 417 Å². The fourth-order valence-corrected chi connectivity index (χ4v) is 14.0. The maximum atomic E-state index is 12.7. The number of carbonyl (C=O) groups excluding carboxylic acids is 1. The van der Waals surface area contributed by atoms with Gasteiger partial charge in [-0.15, -0.1) is 0 Å². The Morgan fingerprint density at radius 3 is 0.593 bits per heavy atom. The van der Waals surface area contributed by atoms with Crippen LogP contribution in [0.15, 0.2) is 0 Å². The zero-order valence-electron chi connectivity index (χ0n) is 59.8. The molecule has 0 aromatic rings. The first-order valence-electron chi connectivity index (χ1n) is 40.9. The number of carboxylic acid groups (broad SMARTS) is 1. The number of aliphatic carboxylic acids is 1. The molecule has 4 heteroatoms. The number of Topliss-reactive ketones (excluding diaryl/α,β-unsaturated/α-hetero) is 1. The summed E-state index contributed by atoms with van der Waals surface area (Å²) in [5.74, 6) is -0.573. The Kier molecular flexibility index (Phi) is 74.0. The maximum Gasteiger partial charge on any atom is 0.309 e. The Morgan fingerprint density at radius 1 is 0.233 bits per heavy atom. The highest BCUT2D eigenvalue weighted by Gasteiger charge is 2.25. The summed E-state index contributed by atoms with van der Waals surface area (Å²) < 4.78 is 0. The average Bonchev–Trinajstić information content (AvgIpc) is 3.55. The SMILES string of the molecule is CCCCCCCCCCCCCCCCCCCCCCC(C(=O)O)C(O)CCCCCCCCCCCCCCCCCCCCCCCCCCCCCCCCCCCCC(=O)C(C)CCCCCCCCCCCCCCCCCC. The molecule has 2 N–H and O–H groups in total. The molecule has 86 heavy (non-hydrogen) atoms. The van der Waals surface area contributed by atoms with E-state index in [4.69, 9.17) is 0 Å². The molecule has 0 spiro atoms. The second kappa shape index (κ2) is 74.8. The Labute approximate surface area is 542 Å². The summed E-state index contributed by atoms with van der Waals surface area (Å²) in [5, 5.41) is 20.5. The molecule has 0 bridgehead atoms. The molecule has 3 unspecified atom stereocenters. The average molecular weight is 1210 g/mol. The Bertz CT molecular complexity index is 1260. The predicted octanol–water partition coefficient (Wildman–Crippen LogP) is 29.2. The smallest absolute Gasteiger partial charge is 0.309 e. The first kappa shape index (κ1) is 85.1. The zero-order valence-corrected chi connectivity index (χ0v) is 59.8. The van der Waals surface area contributed by atoms with Crippen LogP contribution in [0, 0.1) is 11.8 Å². The fraction of sp³-hybridized carbons (Fsp3) is 0.976. The standard InChI is InChI=1S/C82H162O4/c1-4-6-8-10-12-14-16-18-20-22-23-40-43-47-51-55-59-63-67-71-75-79(82(85)86)81(84)77-73-69-65-61-57-53-49-45-42-39-37-35-33-31-29-27-25-24-26-28-30-32-34-36-38-41-44-48-52-56-60-64-68-72-76-80(83)78(3)74-70-66-62-58-54-50-46-21-19-17-15-13-11-9-7-5-2/h78-79,81,84H,4-77H2,1-3H3,(H,85,86). The highest BCUT2D eigenvalue weighted by Crippen LogP contribution is 2.24. The van der Waals surface area contributed by atoms with Crippen molar-refractivity contribution >= 4 is 11.8 Å². The summed E-state index contributed by atoms with van der Waals surface area (Å²) in [7, 11) is 0. The summed E-state index contributed by atoms with van der Waals surface area (Å²) in [4.78, 5) is 24.6. The third-order valence-electron chi connectivity index (χ3n) is 20.4. The first-order chi connectivity index (χ1) is 42.4. The number of carboxylic acids is 1. The normalized spacial score (nSPS) is 12.8. The second-order valence-electron chi connectivity index (χ2n) is 29.0. The lowest BCUT2D eigenvalue weighted by Crippen LogP contribution is -2.28. The Hall–Kier alpha value is -0.900. The third kappa shape index (κ3) is 69.0. The van der Waals surface area contributed by atoms with Crippen molar-refractivity contribution in [1.29, 1.82) is 0 Å². The van der Waals surface area contributed by atoms with Crippen LogP contribution < -0.4 is 0 Å². The van der Waals surface area contributed by atoms with Gasteiger partial charge in [0, 0.05) is 12.3 Å². The van der Waals surface area contributed by atoms with Gasteiger partial charge in [-0.25, -0.2) is 0 Å². The number of unbranched alkanes of at least 4 members (excludes halogenated alkanes) is 67. The van der Waals surface area contributed by atoms with Gasteiger partial charge in [0.1, 0.15) is 5.78 Å². The van der Waals surface area contributed by atoms with Crippen molar-refractivity contribution in [3.8, 4) is 0 Å². The van der Waals surface area contributed by atoms with E-state index in [0.717, 1.165) is 44.9 Å². The number of aliphatic hydroxyl groups is 1. The van der Waals surface area contributed by atoms with Crippen LogP contribution in [-0.4, -0.2) is 28.1 Å². The van der Waals surface area contributed by atoms with Crippen LogP contribution in [0.25, 0.3) is 0 Å². The van der Waals surface area contributed by atoms with Crippen molar-refractivity contribution in [2.75, 3.05) is 0 Å². The Morgan fingerprint density at radius 2 is 0.395 bits per heavy atom. The fourth-order valence-electron chi connectivity index (χ4n) is 14.0. The molecule has 0 aliphatic carbocycles. The van der Waals surface area contributed by atoms with E-state index < -0.39 is 18.0 Å². The first-order valence-corrected chi connectivity index (χ1v) is 40.9. The van der Waals surface area contributed by atoms with Gasteiger partial charge in [0.05, 0.1) is 12.0 Å². The minimum atomic E-state index is -0.801. The molecule has 514 valence electrons. The van der Waals surface area contributed by atoms with Crippen LogP contribution in [-0.2, 0) is 9.59 Å². The van der Waals surface area contributed by atoms with Crippen LogP contribution in [0.2, 0.25) is 0 Å². The van der Waals surface area contributed by atoms with Crippen molar-refractivity contribution in [3.05, 3.63) is 0 Å². The lowest BCUT2D eigenvalue weighted by atomic mass is 9.91. The molecule has 0 radical (unpaired) electrons. The third-order valence-corrected chi connectivity index (χ3v) is 20.4. The molecular formula is C82H162O4. The van der Waals surface area contributed by atoms with Gasteiger partial charge in [-0.1, -0.05) is 464 Å². The van der Waals surface area contributed by atoms with Gasteiger partial charge in [0.25, 0.3) is 0 Å². The number of aliphatic hydroxyl groups excluding tert-OH is 1. The molecule has 0 fully saturated rings. The van der Waals surface area contributed by atoms with E-state index >= 15 is 0 Å². The molecule has 0 rings (SSSR count). The van der Waals surface area contributed by atoms with Gasteiger partial charge in [-0.3, -0.25) is 9.59 Å². The van der Waals surface area contributed by atoms with Crippen molar-refractivity contribution in [2.45, 2.75) is 502 Å². The van der Waals surface area contributed by atoms with Gasteiger partial charge in [-0.2, -0.15) is 0 Å². The van der Waals surface area contributed by atoms with E-state index in [1.54, 1.807) is 0 Å². The lowest BCUT2D eigenvalue weighted by Gasteiger charge is -2.19. The molecule has 4 nitrogen and oxygen atoms in total. The van der Waals surface area contributed by atoms with Gasteiger partial charge in [0.2, 0.25) is 0 Å². The number of rotatable bonds is 78. The van der Waals surface area contributed by atoms with E-state index in [1.807, 2.05) is 0 Å². The molecule has 0 amide bonds. The topological polar surface area (TPSA) is 74.6 Å². The van der Waals surface area contributed by atoms with Gasteiger partial charge in [-0.05, 0) is 25.7 Å². The van der Waals surface area contributed by atoms with Crippen LogP contribution in [0.3, 0.4) is 0 Å². The molecule has 0 aliphatic heterocycles. The quantitative estimate of drug-likeness (QED) is 0.0595. The molecule has 0 saturated carbocycles. The Balaban J connectivity index is 3.34. The van der Waals surface area contributed by atoms with E-state index in [-0.39, 0.29) is 5.92 Å². The minimum Gasteiger partial charge on any atom is -0.481 e. The number of hydrogen-bond acceptors (Lipinski definition) is 3. The molecular weight excluding hydrogens is 1050 g/mol. The van der Waals surface area contributed by atoms with Crippen LogP contribution >= 0.6 is 0 Å². The van der Waals surface area contributed by atoms with E-state index in [2.05, 4.69) is 20.8 Å². The van der Waals surface area contributed by atoms with Gasteiger partial charge in [0.15, 0.2) is 0 Å². The maximum absolute atomic E-state index is 12.7. The number of carbonyl (C=O) groups is 2. The minimum absolute atomic E-state index is 0.281. The highest BCUT2D eigenvalue weighted by atomic mass is 16.4. The van der Waals surface area contributed by atoms with Crippen LogP contribution in [0.5, 0.6) is 0 Å². The van der Waals surface area contributed by atoms with Gasteiger partial charge < -0.3 is 10.2 Å². The summed E-state index contributed by atoms with van der Waals surface area (Å²) in [6, 6.07) is 0. The summed E-state index contributed by atoms with van der Waals surface area (Å²) in [6.07, 6.45) is 99.0. The summed E-state index contributed by atoms with van der Waals surface area (Å²) in [5.41, 5.74) is 0. The van der Waals surface area contributed by atoms with E-state index in [9.17, 15) is 19.8 Å².